The highest BCUT2D eigenvalue weighted by atomic mass is 16.5. The fourth-order valence-electron chi connectivity index (χ4n) is 2.26. The second-order valence-electron chi connectivity index (χ2n) is 6.72. The number of nitrogens with zero attached hydrogens (tertiary/aromatic N) is 4. The average molecular weight is 342 g/mol. The number of hydrogen-bond acceptors (Lipinski definition) is 8. The van der Waals surface area contributed by atoms with Gasteiger partial charge < -0.3 is 19.6 Å². The summed E-state index contributed by atoms with van der Waals surface area (Å²) in [4.78, 5) is 4.39. The third kappa shape index (κ3) is 4.21. The molecule has 2 aromatic heterocycles. The summed E-state index contributed by atoms with van der Waals surface area (Å²) in [5.74, 6) is 1.51. The lowest BCUT2D eigenvalue weighted by molar-refractivity contribution is 0.382. The fourth-order valence-corrected chi connectivity index (χ4v) is 2.26. The lowest BCUT2D eigenvalue weighted by Crippen LogP contribution is -2.10. The van der Waals surface area contributed by atoms with Gasteiger partial charge in [0.15, 0.2) is 0 Å². The van der Waals surface area contributed by atoms with E-state index in [1.807, 2.05) is 19.2 Å². The van der Waals surface area contributed by atoms with Crippen LogP contribution >= 0.6 is 0 Å². The summed E-state index contributed by atoms with van der Waals surface area (Å²) >= 11 is 0. The Morgan fingerprint density at radius 2 is 1.76 bits per heavy atom. The number of rotatable bonds is 6. The SMILES string of the molecule is CNCc1nnc(NCc2nc(-c3ccc(C(C)(C)C)cc3)no2)o1. The normalized spacial score (nSPS) is 11.7. The third-order valence-electron chi connectivity index (χ3n) is 3.66. The van der Waals surface area contributed by atoms with E-state index in [0.717, 1.165) is 5.56 Å². The first-order valence-corrected chi connectivity index (χ1v) is 8.10. The molecule has 2 N–H and O–H groups in total. The first kappa shape index (κ1) is 17.1. The van der Waals surface area contributed by atoms with Gasteiger partial charge in [-0.3, -0.25) is 0 Å². The van der Waals surface area contributed by atoms with Crippen LogP contribution in [0.15, 0.2) is 33.2 Å². The Balaban J connectivity index is 1.63. The molecule has 0 atom stereocenters. The van der Waals surface area contributed by atoms with Crippen molar-refractivity contribution in [2.45, 2.75) is 39.3 Å². The maximum absolute atomic E-state index is 5.40. The minimum absolute atomic E-state index is 0.112. The Labute approximate surface area is 146 Å². The van der Waals surface area contributed by atoms with Crippen LogP contribution in [-0.4, -0.2) is 27.4 Å². The molecule has 0 aliphatic heterocycles. The van der Waals surface area contributed by atoms with Crippen molar-refractivity contribution in [2.24, 2.45) is 0 Å². The van der Waals surface area contributed by atoms with Crippen LogP contribution in [0.3, 0.4) is 0 Å². The van der Waals surface area contributed by atoms with Gasteiger partial charge in [-0.1, -0.05) is 55.3 Å². The summed E-state index contributed by atoms with van der Waals surface area (Å²) in [6.45, 7) is 7.37. The van der Waals surface area contributed by atoms with E-state index < -0.39 is 0 Å². The van der Waals surface area contributed by atoms with Gasteiger partial charge in [0.2, 0.25) is 17.6 Å². The number of aromatic nitrogens is 4. The zero-order valence-electron chi connectivity index (χ0n) is 14.8. The maximum atomic E-state index is 5.40. The molecule has 0 bridgehead atoms. The first-order valence-electron chi connectivity index (χ1n) is 8.10. The highest BCUT2D eigenvalue weighted by Gasteiger charge is 2.15. The van der Waals surface area contributed by atoms with Crippen LogP contribution in [0.5, 0.6) is 0 Å². The summed E-state index contributed by atoms with van der Waals surface area (Å²) in [6, 6.07) is 8.51. The van der Waals surface area contributed by atoms with Crippen LogP contribution in [0.4, 0.5) is 6.01 Å². The molecular formula is C17H22N6O2. The molecule has 0 fully saturated rings. The molecule has 0 saturated carbocycles. The van der Waals surface area contributed by atoms with Gasteiger partial charge in [0.25, 0.3) is 0 Å². The number of benzene rings is 1. The summed E-state index contributed by atoms with van der Waals surface area (Å²) in [5.41, 5.74) is 2.29. The molecule has 8 heteroatoms. The van der Waals surface area contributed by atoms with Crippen LogP contribution < -0.4 is 10.6 Å². The van der Waals surface area contributed by atoms with E-state index in [9.17, 15) is 0 Å². The fraction of sp³-hybridized carbons (Fsp3) is 0.412. The highest BCUT2D eigenvalue weighted by Crippen LogP contribution is 2.25. The predicted octanol–water partition coefficient (Wildman–Crippen LogP) is 2.75. The zero-order chi connectivity index (χ0) is 17.9. The topological polar surface area (TPSA) is 102 Å². The van der Waals surface area contributed by atoms with Crippen LogP contribution in [0.2, 0.25) is 0 Å². The van der Waals surface area contributed by atoms with Gasteiger partial charge in [-0.25, -0.2) is 0 Å². The van der Waals surface area contributed by atoms with Crippen LogP contribution in [0.1, 0.15) is 38.1 Å². The largest absolute Gasteiger partial charge is 0.407 e. The third-order valence-corrected chi connectivity index (χ3v) is 3.66. The van der Waals surface area contributed by atoms with E-state index in [4.69, 9.17) is 8.94 Å². The monoisotopic (exact) mass is 342 g/mol. The molecule has 3 rings (SSSR count). The molecule has 3 aromatic rings. The molecule has 25 heavy (non-hydrogen) atoms. The standard InChI is InChI=1S/C17H22N6O2/c1-17(2,3)12-7-5-11(6-8-12)15-20-13(25-23-15)10-19-16-22-21-14(24-16)9-18-4/h5-8,18H,9-10H2,1-4H3,(H,19,22). The molecule has 1 aromatic carbocycles. The molecule has 0 aliphatic rings. The van der Waals surface area contributed by atoms with Crippen molar-refractivity contribution < 1.29 is 8.94 Å². The Hall–Kier alpha value is -2.74. The number of hydrogen-bond donors (Lipinski definition) is 2. The molecule has 2 heterocycles. The van der Waals surface area contributed by atoms with E-state index in [1.54, 1.807) is 0 Å². The highest BCUT2D eigenvalue weighted by molar-refractivity contribution is 5.55. The maximum Gasteiger partial charge on any atom is 0.315 e. The minimum atomic E-state index is 0.112. The molecule has 8 nitrogen and oxygen atoms in total. The molecule has 0 aliphatic carbocycles. The minimum Gasteiger partial charge on any atom is -0.407 e. The van der Waals surface area contributed by atoms with Gasteiger partial charge >= 0.3 is 6.01 Å². The van der Waals surface area contributed by atoms with Gasteiger partial charge in [-0.2, -0.15) is 4.98 Å². The Morgan fingerprint density at radius 1 is 1.00 bits per heavy atom. The quantitative estimate of drug-likeness (QED) is 0.705. The van der Waals surface area contributed by atoms with Crippen molar-refractivity contribution in [1.29, 1.82) is 0 Å². The lowest BCUT2D eigenvalue weighted by atomic mass is 9.87. The van der Waals surface area contributed by atoms with Crippen LogP contribution in [-0.2, 0) is 18.5 Å². The smallest absolute Gasteiger partial charge is 0.315 e. The Morgan fingerprint density at radius 3 is 2.44 bits per heavy atom. The molecule has 0 amide bonds. The average Bonchev–Trinajstić information content (AvgIpc) is 3.22. The zero-order valence-corrected chi connectivity index (χ0v) is 14.8. The second-order valence-corrected chi connectivity index (χ2v) is 6.72. The molecule has 0 saturated heterocycles. The first-order chi connectivity index (χ1) is 12.0. The second kappa shape index (κ2) is 7.02. The van der Waals surface area contributed by atoms with Crippen molar-refractivity contribution >= 4 is 6.01 Å². The van der Waals surface area contributed by atoms with Crippen molar-refractivity contribution in [3.05, 3.63) is 41.6 Å². The van der Waals surface area contributed by atoms with Crippen LogP contribution in [0, 0.1) is 0 Å². The molecule has 132 valence electrons. The van der Waals surface area contributed by atoms with E-state index in [0.29, 0.717) is 36.7 Å². The summed E-state index contributed by atoms with van der Waals surface area (Å²) < 4.78 is 10.7. The van der Waals surface area contributed by atoms with E-state index in [-0.39, 0.29) is 5.41 Å². The summed E-state index contributed by atoms with van der Waals surface area (Å²) in [5, 5.41) is 17.7. The van der Waals surface area contributed by atoms with Gasteiger partial charge in [0.1, 0.15) is 0 Å². The van der Waals surface area contributed by atoms with E-state index in [1.165, 1.54) is 5.56 Å². The summed E-state index contributed by atoms with van der Waals surface area (Å²) in [7, 11) is 1.81. The Kier molecular flexibility index (Phi) is 4.80. The van der Waals surface area contributed by atoms with Gasteiger partial charge in [-0.05, 0) is 18.0 Å². The summed E-state index contributed by atoms with van der Waals surface area (Å²) in [6.07, 6.45) is 0. The van der Waals surface area contributed by atoms with E-state index >= 15 is 0 Å². The van der Waals surface area contributed by atoms with Gasteiger partial charge in [0.05, 0.1) is 13.1 Å². The molecule has 0 radical (unpaired) electrons. The number of anilines is 1. The van der Waals surface area contributed by atoms with Crippen molar-refractivity contribution in [3.63, 3.8) is 0 Å². The van der Waals surface area contributed by atoms with Crippen molar-refractivity contribution in [2.75, 3.05) is 12.4 Å². The lowest BCUT2D eigenvalue weighted by Gasteiger charge is -2.18. The number of nitrogens with one attached hydrogen (secondary N) is 2. The van der Waals surface area contributed by atoms with Crippen molar-refractivity contribution in [3.8, 4) is 11.4 Å². The van der Waals surface area contributed by atoms with Gasteiger partial charge in [-0.15, -0.1) is 5.10 Å². The van der Waals surface area contributed by atoms with Crippen molar-refractivity contribution in [1.82, 2.24) is 25.7 Å². The van der Waals surface area contributed by atoms with Crippen LogP contribution in [0.25, 0.3) is 11.4 Å². The molecular weight excluding hydrogens is 320 g/mol. The molecule has 0 spiro atoms. The Bertz CT molecular complexity index is 816. The van der Waals surface area contributed by atoms with E-state index in [2.05, 4.69) is 63.9 Å². The molecule has 0 unspecified atom stereocenters. The predicted molar refractivity (Wildman–Crippen MR) is 92.8 cm³/mol. The van der Waals surface area contributed by atoms with Gasteiger partial charge in [0, 0.05) is 5.56 Å².